The van der Waals surface area contributed by atoms with Crippen LogP contribution in [0.25, 0.3) is 10.8 Å². The number of halogens is 2. The first kappa shape index (κ1) is 35.2. The molecular weight excluding hydrogens is 677 g/mol. The van der Waals surface area contributed by atoms with Gasteiger partial charge in [-0.05, 0) is 68.1 Å². The molecule has 4 aromatic carbocycles. The van der Waals surface area contributed by atoms with Gasteiger partial charge in [0.15, 0.2) is 0 Å². The highest BCUT2D eigenvalue weighted by molar-refractivity contribution is 7.93. The van der Waals surface area contributed by atoms with Gasteiger partial charge >= 0.3 is 5.97 Å². The zero-order chi connectivity index (χ0) is 34.6. The smallest absolute Gasteiger partial charge is 0.327 e. The summed E-state index contributed by atoms with van der Waals surface area (Å²) in [4.78, 5) is 41.5. The lowest BCUT2D eigenvalue weighted by Crippen LogP contribution is -2.41. The summed E-state index contributed by atoms with van der Waals surface area (Å²) in [5, 5.41) is 3.95. The van der Waals surface area contributed by atoms with Crippen molar-refractivity contribution >= 4 is 67.5 Å². The van der Waals surface area contributed by atoms with Crippen LogP contribution in [0.15, 0.2) is 83.8 Å². The number of fused-ring (bicyclic) bond motifs is 1. The minimum atomic E-state index is -4.42. The number of amides is 2. The molecule has 1 saturated heterocycles. The number of carbonyl (C=O) groups excluding carboxylic acids is 3. The second-order valence-corrected chi connectivity index (χ2v) is 14.9. The molecule has 0 unspecified atom stereocenters. The van der Waals surface area contributed by atoms with Crippen molar-refractivity contribution in [2.75, 3.05) is 37.2 Å². The number of hydrogen-bond acceptors (Lipinski definition) is 7. The minimum Gasteiger partial charge on any atom is -0.459 e. The van der Waals surface area contributed by atoms with Crippen LogP contribution in [0, 0.1) is 0 Å². The third-order valence-electron chi connectivity index (χ3n) is 7.51. The SMILES string of the molecule is CC(C)(C)OC(=O)CN(c1cccc2c(C(=O)NCc3ccccc3C(=O)N3CCOCC3)cccc12)S(=O)(=O)c1cc(Cl)cc(Cl)c1. The zero-order valence-electron chi connectivity index (χ0n) is 26.7. The number of carbonyl (C=O) groups is 3. The molecule has 2 amide bonds. The molecule has 4 aromatic rings. The van der Waals surface area contributed by atoms with E-state index in [2.05, 4.69) is 5.32 Å². The maximum atomic E-state index is 14.1. The van der Waals surface area contributed by atoms with Crippen LogP contribution in [-0.4, -0.2) is 69.6 Å². The highest BCUT2D eigenvalue weighted by Gasteiger charge is 2.31. The summed E-state index contributed by atoms with van der Waals surface area (Å²) in [6.45, 7) is 6.38. The van der Waals surface area contributed by atoms with Crippen molar-refractivity contribution in [3.05, 3.63) is 106 Å². The standard InChI is InChI=1S/C35H35Cl2N3O7S/c1-35(2,3)47-32(41)22-40(48(44,45)26-19-24(36)18-25(37)20-26)31-13-7-10-28-29(31)11-6-12-30(28)33(42)38-21-23-8-4-5-9-27(23)34(43)39-14-16-46-17-15-39/h4-13,18-20H,14-17,21-22H2,1-3H3,(H,38,42). The van der Waals surface area contributed by atoms with Gasteiger partial charge in [0.2, 0.25) is 0 Å². The van der Waals surface area contributed by atoms with Crippen molar-refractivity contribution < 1.29 is 32.3 Å². The van der Waals surface area contributed by atoms with E-state index >= 15 is 0 Å². The lowest BCUT2D eigenvalue weighted by molar-refractivity contribution is -0.152. The van der Waals surface area contributed by atoms with Crippen molar-refractivity contribution in [2.45, 2.75) is 37.8 Å². The van der Waals surface area contributed by atoms with Crippen molar-refractivity contribution in [1.82, 2.24) is 10.2 Å². The Bertz CT molecular complexity index is 1950. The van der Waals surface area contributed by atoms with Crippen LogP contribution < -0.4 is 9.62 Å². The molecule has 0 spiro atoms. The van der Waals surface area contributed by atoms with E-state index in [1.54, 1.807) is 86.3 Å². The Labute approximate surface area is 289 Å². The monoisotopic (exact) mass is 711 g/mol. The van der Waals surface area contributed by atoms with E-state index in [4.69, 9.17) is 32.7 Å². The number of rotatable bonds is 9. The Morgan fingerprint density at radius 2 is 1.50 bits per heavy atom. The fraction of sp³-hybridized carbons (Fsp3) is 0.286. The average Bonchev–Trinajstić information content (AvgIpc) is 3.04. The fourth-order valence-electron chi connectivity index (χ4n) is 5.39. The third kappa shape index (κ3) is 8.10. The highest BCUT2D eigenvalue weighted by Crippen LogP contribution is 2.34. The summed E-state index contributed by atoms with van der Waals surface area (Å²) >= 11 is 12.3. The van der Waals surface area contributed by atoms with Gasteiger partial charge in [0.1, 0.15) is 12.1 Å². The maximum absolute atomic E-state index is 14.1. The van der Waals surface area contributed by atoms with E-state index in [1.807, 2.05) is 0 Å². The number of hydrogen-bond donors (Lipinski definition) is 1. The van der Waals surface area contributed by atoms with Gasteiger partial charge in [-0.2, -0.15) is 0 Å². The Morgan fingerprint density at radius 3 is 2.19 bits per heavy atom. The average molecular weight is 713 g/mol. The molecule has 48 heavy (non-hydrogen) atoms. The number of anilines is 1. The van der Waals surface area contributed by atoms with E-state index in [0.29, 0.717) is 48.2 Å². The molecule has 1 aliphatic rings. The van der Waals surface area contributed by atoms with Crippen LogP contribution in [0.5, 0.6) is 0 Å². The van der Waals surface area contributed by atoms with Gasteiger partial charge in [0.25, 0.3) is 21.8 Å². The van der Waals surface area contributed by atoms with Crippen LogP contribution in [0.1, 0.15) is 47.1 Å². The van der Waals surface area contributed by atoms with Crippen molar-refractivity contribution in [3.8, 4) is 0 Å². The quantitative estimate of drug-likeness (QED) is 0.209. The van der Waals surface area contributed by atoms with Crippen molar-refractivity contribution in [3.63, 3.8) is 0 Å². The van der Waals surface area contributed by atoms with Gasteiger partial charge in [-0.1, -0.05) is 65.7 Å². The molecule has 1 N–H and O–H groups in total. The third-order valence-corrected chi connectivity index (χ3v) is 9.69. The first-order valence-electron chi connectivity index (χ1n) is 15.2. The first-order chi connectivity index (χ1) is 22.7. The molecule has 0 radical (unpaired) electrons. The predicted octanol–water partition coefficient (Wildman–Crippen LogP) is 6.09. The Balaban J connectivity index is 1.49. The van der Waals surface area contributed by atoms with Gasteiger partial charge in [-0.3, -0.25) is 18.7 Å². The van der Waals surface area contributed by atoms with E-state index in [9.17, 15) is 22.8 Å². The molecule has 0 aliphatic carbocycles. The first-order valence-corrected chi connectivity index (χ1v) is 17.4. The van der Waals surface area contributed by atoms with Gasteiger partial charge in [-0.25, -0.2) is 8.42 Å². The van der Waals surface area contributed by atoms with E-state index in [0.717, 1.165) is 4.31 Å². The van der Waals surface area contributed by atoms with Gasteiger partial charge in [0.05, 0.1) is 23.8 Å². The minimum absolute atomic E-state index is 0.0792. The second-order valence-electron chi connectivity index (χ2n) is 12.1. The number of benzene rings is 4. The Kier molecular flexibility index (Phi) is 10.6. The number of sulfonamides is 1. The summed E-state index contributed by atoms with van der Waals surface area (Å²) in [6.07, 6.45) is 0. The van der Waals surface area contributed by atoms with Crippen LogP contribution in [0.4, 0.5) is 5.69 Å². The zero-order valence-corrected chi connectivity index (χ0v) is 29.0. The lowest BCUT2D eigenvalue weighted by Gasteiger charge is -2.28. The molecule has 0 bridgehead atoms. The van der Waals surface area contributed by atoms with Crippen LogP contribution >= 0.6 is 23.2 Å². The van der Waals surface area contributed by atoms with Crippen LogP contribution in [-0.2, 0) is 30.8 Å². The second kappa shape index (κ2) is 14.5. The van der Waals surface area contributed by atoms with Crippen molar-refractivity contribution in [1.29, 1.82) is 0 Å². The number of morpholine rings is 1. The largest absolute Gasteiger partial charge is 0.459 e. The number of ether oxygens (including phenoxy) is 2. The van der Waals surface area contributed by atoms with E-state index < -0.39 is 34.0 Å². The molecule has 252 valence electrons. The molecule has 1 aliphatic heterocycles. The summed E-state index contributed by atoms with van der Waals surface area (Å²) in [6, 6.07) is 20.8. The van der Waals surface area contributed by atoms with E-state index in [1.165, 1.54) is 18.2 Å². The molecule has 1 fully saturated rings. The molecule has 5 rings (SSSR count). The topological polar surface area (TPSA) is 122 Å². The van der Waals surface area contributed by atoms with Gasteiger partial charge in [-0.15, -0.1) is 0 Å². The van der Waals surface area contributed by atoms with E-state index in [-0.39, 0.29) is 38.6 Å². The number of nitrogens with one attached hydrogen (secondary N) is 1. The predicted molar refractivity (Wildman–Crippen MR) is 185 cm³/mol. The van der Waals surface area contributed by atoms with Crippen LogP contribution in [0.2, 0.25) is 10.0 Å². The van der Waals surface area contributed by atoms with Crippen LogP contribution in [0.3, 0.4) is 0 Å². The molecule has 0 atom stereocenters. The Morgan fingerprint density at radius 1 is 0.875 bits per heavy atom. The molecule has 0 aromatic heterocycles. The normalized spacial score (nSPS) is 13.6. The molecule has 13 heteroatoms. The summed E-state index contributed by atoms with van der Waals surface area (Å²) in [7, 11) is -4.42. The number of esters is 1. The maximum Gasteiger partial charge on any atom is 0.327 e. The Hall–Kier alpha value is -4.16. The van der Waals surface area contributed by atoms with Gasteiger partial charge in [0, 0.05) is 46.2 Å². The molecule has 10 nitrogen and oxygen atoms in total. The summed E-state index contributed by atoms with van der Waals surface area (Å²) in [5.74, 6) is -1.35. The fourth-order valence-corrected chi connectivity index (χ4v) is 7.55. The summed E-state index contributed by atoms with van der Waals surface area (Å²) < 4.78 is 40.1. The molecular formula is C35H35Cl2N3O7S. The lowest BCUT2D eigenvalue weighted by atomic mass is 10.0. The summed E-state index contributed by atoms with van der Waals surface area (Å²) in [5.41, 5.74) is 0.681. The van der Waals surface area contributed by atoms with Crippen molar-refractivity contribution in [2.24, 2.45) is 0 Å². The van der Waals surface area contributed by atoms with Gasteiger partial charge < -0.3 is 19.7 Å². The molecule has 0 saturated carbocycles. The number of nitrogens with zero attached hydrogens (tertiary/aromatic N) is 2. The molecule has 1 heterocycles. The highest BCUT2D eigenvalue weighted by atomic mass is 35.5.